The molecule has 0 amide bonds. The quantitative estimate of drug-likeness (QED) is 0.826. The monoisotopic (exact) mass is 241 g/mol. The first kappa shape index (κ1) is 13.7. The summed E-state index contributed by atoms with van der Waals surface area (Å²) in [5, 5.41) is 13.7. The van der Waals surface area contributed by atoms with Crippen LogP contribution < -0.4 is 0 Å². The third kappa shape index (κ3) is 4.62. The zero-order valence-corrected chi connectivity index (χ0v) is 11.5. The summed E-state index contributed by atoms with van der Waals surface area (Å²) in [4.78, 5) is 4.27. The van der Waals surface area contributed by atoms with E-state index in [4.69, 9.17) is 0 Å². The second-order valence-electron chi connectivity index (χ2n) is 5.52. The molecule has 2 nitrogen and oxygen atoms in total. The Morgan fingerprint density at radius 1 is 1.25 bits per heavy atom. The van der Waals surface area contributed by atoms with E-state index in [1.165, 1.54) is 0 Å². The van der Waals surface area contributed by atoms with Gasteiger partial charge in [-0.1, -0.05) is 27.7 Å². The second-order valence-corrected chi connectivity index (χ2v) is 6.50. The van der Waals surface area contributed by atoms with Crippen LogP contribution in [0.15, 0.2) is 11.6 Å². The molecular formula is C13H23NOS. The molecular weight excluding hydrogens is 218 g/mol. The molecule has 1 aromatic heterocycles. The Kier molecular flexibility index (Phi) is 4.93. The Morgan fingerprint density at radius 2 is 1.81 bits per heavy atom. The molecule has 1 N–H and O–H groups in total. The third-order valence-electron chi connectivity index (χ3n) is 2.54. The zero-order valence-electron chi connectivity index (χ0n) is 10.7. The molecule has 0 radical (unpaired) electrons. The molecule has 16 heavy (non-hydrogen) atoms. The molecule has 1 heterocycles. The second kappa shape index (κ2) is 5.78. The first-order chi connectivity index (χ1) is 7.41. The van der Waals surface area contributed by atoms with Crippen LogP contribution in [-0.4, -0.2) is 15.7 Å². The summed E-state index contributed by atoms with van der Waals surface area (Å²) >= 11 is 1.63. The molecule has 0 atom stereocenters. The van der Waals surface area contributed by atoms with Crippen molar-refractivity contribution in [2.24, 2.45) is 11.8 Å². The number of rotatable bonds is 6. The lowest BCUT2D eigenvalue weighted by Crippen LogP contribution is -2.34. The van der Waals surface area contributed by atoms with Gasteiger partial charge in [0, 0.05) is 18.0 Å². The number of nitrogens with zero attached hydrogens (tertiary/aromatic N) is 1. The van der Waals surface area contributed by atoms with Crippen LogP contribution in [-0.2, 0) is 6.42 Å². The standard InChI is InChI=1S/C13H23NOS/c1-10(2)7-13(15,8-11(3)4)9-12-14-5-6-16-12/h5-6,10-11,15H,7-9H2,1-4H3. The molecule has 0 aromatic carbocycles. The summed E-state index contributed by atoms with van der Waals surface area (Å²) < 4.78 is 0. The Bertz CT molecular complexity index is 283. The van der Waals surface area contributed by atoms with Crippen molar-refractivity contribution in [3.05, 3.63) is 16.6 Å². The van der Waals surface area contributed by atoms with Gasteiger partial charge < -0.3 is 5.11 Å². The number of hydrogen-bond acceptors (Lipinski definition) is 3. The van der Waals surface area contributed by atoms with Gasteiger partial charge in [0.15, 0.2) is 0 Å². The van der Waals surface area contributed by atoms with Crippen molar-refractivity contribution in [3.63, 3.8) is 0 Å². The molecule has 0 unspecified atom stereocenters. The predicted octanol–water partition coefficient (Wildman–Crippen LogP) is 3.51. The lowest BCUT2D eigenvalue weighted by atomic mass is 9.83. The molecule has 1 aromatic rings. The normalized spacial score (nSPS) is 12.7. The maximum absolute atomic E-state index is 10.7. The highest BCUT2D eigenvalue weighted by atomic mass is 32.1. The molecule has 3 heteroatoms. The van der Waals surface area contributed by atoms with Crippen molar-refractivity contribution in [2.45, 2.75) is 52.6 Å². The van der Waals surface area contributed by atoms with Gasteiger partial charge in [0.05, 0.1) is 10.6 Å². The van der Waals surface area contributed by atoms with Crippen molar-refractivity contribution < 1.29 is 5.11 Å². The fourth-order valence-electron chi connectivity index (χ4n) is 2.37. The van der Waals surface area contributed by atoms with E-state index < -0.39 is 5.60 Å². The lowest BCUT2D eigenvalue weighted by molar-refractivity contribution is 0.000712. The molecule has 0 spiro atoms. The Balaban J connectivity index is 2.69. The van der Waals surface area contributed by atoms with Crippen LogP contribution in [0, 0.1) is 11.8 Å². The number of thiazole rings is 1. The van der Waals surface area contributed by atoms with Gasteiger partial charge >= 0.3 is 0 Å². The van der Waals surface area contributed by atoms with Gasteiger partial charge in [-0.25, -0.2) is 4.98 Å². The average molecular weight is 241 g/mol. The largest absolute Gasteiger partial charge is 0.389 e. The maximum Gasteiger partial charge on any atom is 0.0953 e. The predicted molar refractivity (Wildman–Crippen MR) is 69.7 cm³/mol. The van der Waals surface area contributed by atoms with E-state index in [2.05, 4.69) is 32.7 Å². The summed E-state index contributed by atoms with van der Waals surface area (Å²) in [6.07, 6.45) is 4.21. The smallest absolute Gasteiger partial charge is 0.0953 e. The molecule has 92 valence electrons. The van der Waals surface area contributed by atoms with Gasteiger partial charge in [-0.2, -0.15) is 0 Å². The molecule has 0 bridgehead atoms. The molecule has 0 fully saturated rings. The van der Waals surface area contributed by atoms with E-state index in [0.29, 0.717) is 18.3 Å². The van der Waals surface area contributed by atoms with Crippen LogP contribution in [0.25, 0.3) is 0 Å². The summed E-state index contributed by atoms with van der Waals surface area (Å²) in [6.45, 7) is 8.64. The summed E-state index contributed by atoms with van der Waals surface area (Å²) in [6, 6.07) is 0. The zero-order chi connectivity index (χ0) is 12.2. The van der Waals surface area contributed by atoms with Crippen molar-refractivity contribution >= 4 is 11.3 Å². The van der Waals surface area contributed by atoms with E-state index in [-0.39, 0.29) is 0 Å². The van der Waals surface area contributed by atoms with Crippen LogP contribution in [0.3, 0.4) is 0 Å². The van der Waals surface area contributed by atoms with Crippen LogP contribution in [0.4, 0.5) is 0 Å². The first-order valence-corrected chi connectivity index (χ1v) is 6.90. The third-order valence-corrected chi connectivity index (χ3v) is 3.32. The molecule has 0 aliphatic heterocycles. The SMILES string of the molecule is CC(C)CC(O)(Cc1nccs1)CC(C)C. The van der Waals surface area contributed by atoms with E-state index >= 15 is 0 Å². The first-order valence-electron chi connectivity index (χ1n) is 6.02. The summed E-state index contributed by atoms with van der Waals surface area (Å²) in [5.41, 5.74) is -0.583. The highest BCUT2D eigenvalue weighted by Gasteiger charge is 2.30. The minimum atomic E-state index is -0.583. The van der Waals surface area contributed by atoms with Crippen LogP contribution >= 0.6 is 11.3 Å². The van der Waals surface area contributed by atoms with Crippen molar-refractivity contribution in [2.75, 3.05) is 0 Å². The lowest BCUT2D eigenvalue weighted by Gasteiger charge is -2.31. The minimum absolute atomic E-state index is 0.517. The maximum atomic E-state index is 10.7. The number of aromatic nitrogens is 1. The van der Waals surface area contributed by atoms with Crippen LogP contribution in [0.1, 0.15) is 45.5 Å². The highest BCUT2D eigenvalue weighted by molar-refractivity contribution is 7.09. The van der Waals surface area contributed by atoms with Crippen molar-refractivity contribution in [3.8, 4) is 0 Å². The Labute approximate surface area is 103 Å². The van der Waals surface area contributed by atoms with Gasteiger partial charge in [-0.15, -0.1) is 11.3 Å². The summed E-state index contributed by atoms with van der Waals surface area (Å²) in [5.74, 6) is 1.03. The number of aliphatic hydroxyl groups is 1. The molecule has 0 saturated heterocycles. The van der Waals surface area contributed by atoms with E-state index in [9.17, 15) is 5.11 Å². The molecule has 0 aliphatic carbocycles. The summed E-state index contributed by atoms with van der Waals surface area (Å²) in [7, 11) is 0. The van der Waals surface area contributed by atoms with Crippen LogP contribution in [0.5, 0.6) is 0 Å². The van der Waals surface area contributed by atoms with Crippen LogP contribution in [0.2, 0.25) is 0 Å². The van der Waals surface area contributed by atoms with Gasteiger partial charge in [0.25, 0.3) is 0 Å². The average Bonchev–Trinajstić information content (AvgIpc) is 2.51. The van der Waals surface area contributed by atoms with Crippen molar-refractivity contribution in [1.29, 1.82) is 0 Å². The van der Waals surface area contributed by atoms with E-state index in [1.54, 1.807) is 11.3 Å². The Morgan fingerprint density at radius 3 is 2.19 bits per heavy atom. The fraction of sp³-hybridized carbons (Fsp3) is 0.769. The van der Waals surface area contributed by atoms with E-state index in [0.717, 1.165) is 17.8 Å². The van der Waals surface area contributed by atoms with Gasteiger partial charge in [-0.05, 0) is 24.7 Å². The van der Waals surface area contributed by atoms with Gasteiger partial charge in [-0.3, -0.25) is 0 Å². The van der Waals surface area contributed by atoms with Gasteiger partial charge in [0.1, 0.15) is 0 Å². The van der Waals surface area contributed by atoms with Gasteiger partial charge in [0.2, 0.25) is 0 Å². The molecule has 0 aliphatic rings. The Hall–Kier alpha value is -0.410. The fourth-order valence-corrected chi connectivity index (χ4v) is 3.12. The number of hydrogen-bond donors (Lipinski definition) is 1. The van der Waals surface area contributed by atoms with Crippen molar-refractivity contribution in [1.82, 2.24) is 4.98 Å². The highest BCUT2D eigenvalue weighted by Crippen LogP contribution is 2.29. The minimum Gasteiger partial charge on any atom is -0.389 e. The topological polar surface area (TPSA) is 33.1 Å². The molecule has 0 saturated carbocycles. The van der Waals surface area contributed by atoms with E-state index in [1.807, 2.05) is 11.6 Å². The molecule has 1 rings (SSSR count).